The first-order chi connectivity index (χ1) is 9.45. The number of aromatic nitrogens is 2. The molecule has 0 fully saturated rings. The van der Waals surface area contributed by atoms with Crippen LogP contribution in [0.15, 0.2) is 30.2 Å². The van der Waals surface area contributed by atoms with Crippen molar-refractivity contribution in [2.24, 2.45) is 0 Å². The highest BCUT2D eigenvalue weighted by atomic mass is 79.9. The maximum atomic E-state index is 6.32. The van der Waals surface area contributed by atoms with E-state index >= 15 is 0 Å². The Morgan fingerprint density at radius 3 is 2.50 bits per heavy atom. The van der Waals surface area contributed by atoms with E-state index < -0.39 is 0 Å². The van der Waals surface area contributed by atoms with Gasteiger partial charge in [-0.1, -0.05) is 11.6 Å². The first kappa shape index (κ1) is 14.9. The topological polar surface area (TPSA) is 25.8 Å². The van der Waals surface area contributed by atoms with Crippen molar-refractivity contribution < 1.29 is 0 Å². The first-order valence-electron chi connectivity index (χ1n) is 5.54. The smallest absolute Gasteiger partial charge is 0.163 e. The molecule has 2 aromatic heterocycles. The lowest BCUT2D eigenvalue weighted by atomic mass is 10.1. The second-order valence-corrected chi connectivity index (χ2v) is 9.18. The maximum absolute atomic E-state index is 6.32. The van der Waals surface area contributed by atoms with Crippen molar-refractivity contribution >= 4 is 81.6 Å². The Kier molecular flexibility index (Phi) is 4.21. The van der Waals surface area contributed by atoms with E-state index in [4.69, 9.17) is 11.6 Å². The summed E-state index contributed by atoms with van der Waals surface area (Å²) >= 11 is 18.4. The van der Waals surface area contributed by atoms with Crippen LogP contribution in [0, 0.1) is 6.92 Å². The van der Waals surface area contributed by atoms with Crippen molar-refractivity contribution in [1.29, 1.82) is 0 Å². The number of hydrogen-bond donors (Lipinski definition) is 0. The molecule has 0 saturated carbocycles. The van der Waals surface area contributed by atoms with Crippen molar-refractivity contribution in [2.45, 2.75) is 6.92 Å². The Morgan fingerprint density at radius 1 is 1.10 bits per heavy atom. The van der Waals surface area contributed by atoms with Gasteiger partial charge in [0.1, 0.15) is 5.15 Å². The van der Waals surface area contributed by atoms with Gasteiger partial charge in [0.15, 0.2) is 5.82 Å². The zero-order valence-electron chi connectivity index (χ0n) is 10.0. The van der Waals surface area contributed by atoms with E-state index in [0.717, 1.165) is 34.1 Å². The molecule has 3 rings (SSSR count). The highest BCUT2D eigenvalue weighted by Crippen LogP contribution is 2.39. The molecular weight excluding hydrogens is 491 g/mol. The number of hydrogen-bond acceptors (Lipinski definition) is 3. The average Bonchev–Trinajstić information content (AvgIpc) is 2.69. The van der Waals surface area contributed by atoms with Crippen LogP contribution in [0.1, 0.15) is 5.56 Å². The first-order valence-corrected chi connectivity index (χ1v) is 9.11. The molecule has 2 heterocycles. The van der Waals surface area contributed by atoms with Crippen molar-refractivity contribution in [3.63, 3.8) is 0 Å². The zero-order valence-corrected chi connectivity index (χ0v) is 16.4. The number of nitrogens with zero attached hydrogens (tertiary/aromatic N) is 2. The van der Waals surface area contributed by atoms with E-state index in [-0.39, 0.29) is 0 Å². The minimum Gasteiger partial charge on any atom is -0.227 e. The van der Waals surface area contributed by atoms with Crippen LogP contribution in [-0.4, -0.2) is 9.97 Å². The fourth-order valence-electron chi connectivity index (χ4n) is 1.90. The molecule has 0 saturated heterocycles. The van der Waals surface area contributed by atoms with E-state index in [1.54, 1.807) is 11.3 Å². The largest absolute Gasteiger partial charge is 0.227 e. The summed E-state index contributed by atoms with van der Waals surface area (Å²) in [5.74, 6) is 0.612. The van der Waals surface area contributed by atoms with E-state index in [1.807, 2.05) is 25.1 Å². The Bertz CT molecular complexity index is 832. The molecule has 2 nitrogen and oxygen atoms in total. The summed E-state index contributed by atoms with van der Waals surface area (Å²) in [6.45, 7) is 2.01. The van der Waals surface area contributed by atoms with Crippen LogP contribution in [0.3, 0.4) is 0 Å². The predicted octanol–water partition coefficient (Wildman–Crippen LogP) is 6.61. The number of rotatable bonds is 1. The Balaban J connectivity index is 2.32. The van der Waals surface area contributed by atoms with Gasteiger partial charge in [-0.2, -0.15) is 0 Å². The zero-order chi connectivity index (χ0) is 14.4. The molecule has 102 valence electrons. The summed E-state index contributed by atoms with van der Waals surface area (Å²) in [5, 5.41) is 1.32. The van der Waals surface area contributed by atoms with Gasteiger partial charge in [-0.05, 0) is 78.5 Å². The number of thiophene rings is 1. The summed E-state index contributed by atoms with van der Waals surface area (Å²) in [7, 11) is 0. The van der Waals surface area contributed by atoms with Crippen LogP contribution in [-0.2, 0) is 0 Å². The molecule has 0 N–H and O–H groups in total. The molecule has 0 bridgehead atoms. The fourth-order valence-corrected chi connectivity index (χ4v) is 5.58. The summed E-state index contributed by atoms with van der Waals surface area (Å²) in [4.78, 5) is 9.05. The van der Waals surface area contributed by atoms with Gasteiger partial charge in [0.2, 0.25) is 0 Å². The number of benzene rings is 1. The lowest BCUT2D eigenvalue weighted by molar-refractivity contribution is 1.22. The lowest BCUT2D eigenvalue weighted by Crippen LogP contribution is -1.93. The molecule has 0 unspecified atom stereocenters. The SMILES string of the molecule is Cc1cc(Br)c2nc(-c3cc(Br)sc3Br)nc(Cl)c2c1. The second-order valence-electron chi connectivity index (χ2n) is 4.22. The molecule has 0 radical (unpaired) electrons. The summed E-state index contributed by atoms with van der Waals surface area (Å²) in [6, 6.07) is 5.99. The summed E-state index contributed by atoms with van der Waals surface area (Å²) < 4.78 is 2.91. The van der Waals surface area contributed by atoms with Gasteiger partial charge in [-0.25, -0.2) is 9.97 Å². The minimum absolute atomic E-state index is 0.462. The lowest BCUT2D eigenvalue weighted by Gasteiger charge is -2.06. The summed E-state index contributed by atoms with van der Waals surface area (Å²) in [5.41, 5.74) is 2.86. The average molecular weight is 497 g/mol. The molecule has 0 amide bonds. The molecule has 3 aromatic rings. The van der Waals surface area contributed by atoms with E-state index in [9.17, 15) is 0 Å². The third kappa shape index (κ3) is 2.68. The number of aryl methyl sites for hydroxylation is 1. The molecule has 0 aliphatic carbocycles. The van der Waals surface area contributed by atoms with Crippen LogP contribution in [0.5, 0.6) is 0 Å². The van der Waals surface area contributed by atoms with Gasteiger partial charge in [0.05, 0.1) is 13.1 Å². The molecule has 0 aliphatic rings. The second kappa shape index (κ2) is 5.65. The predicted molar refractivity (Wildman–Crippen MR) is 95.7 cm³/mol. The third-order valence-electron chi connectivity index (χ3n) is 2.75. The van der Waals surface area contributed by atoms with Gasteiger partial charge in [0.25, 0.3) is 0 Å². The normalized spacial score (nSPS) is 11.2. The number of halogens is 4. The van der Waals surface area contributed by atoms with E-state index in [0.29, 0.717) is 11.0 Å². The summed E-state index contributed by atoms with van der Waals surface area (Å²) in [6.07, 6.45) is 0. The van der Waals surface area contributed by atoms with Crippen LogP contribution >= 0.6 is 70.7 Å². The molecule has 20 heavy (non-hydrogen) atoms. The maximum Gasteiger partial charge on any atom is 0.163 e. The van der Waals surface area contributed by atoms with E-state index in [1.165, 1.54) is 0 Å². The quantitative estimate of drug-likeness (QED) is 0.354. The van der Waals surface area contributed by atoms with Crippen molar-refractivity contribution in [3.8, 4) is 11.4 Å². The standard InChI is InChI=1S/C13H6Br3ClN2S/c1-5-2-6-10(8(14)3-5)18-13(19-12(6)17)7-4-9(15)20-11(7)16/h2-4H,1H3. The highest BCUT2D eigenvalue weighted by molar-refractivity contribution is 9.12. The minimum atomic E-state index is 0.462. The Morgan fingerprint density at radius 2 is 1.85 bits per heavy atom. The van der Waals surface area contributed by atoms with Crippen LogP contribution in [0.4, 0.5) is 0 Å². The van der Waals surface area contributed by atoms with Crippen LogP contribution < -0.4 is 0 Å². The van der Waals surface area contributed by atoms with Gasteiger partial charge in [0, 0.05) is 15.4 Å². The van der Waals surface area contributed by atoms with Crippen molar-refractivity contribution in [3.05, 3.63) is 41.0 Å². The van der Waals surface area contributed by atoms with Crippen LogP contribution in [0.25, 0.3) is 22.3 Å². The van der Waals surface area contributed by atoms with Crippen LogP contribution in [0.2, 0.25) is 5.15 Å². The number of fused-ring (bicyclic) bond motifs is 1. The molecular formula is C13H6Br3ClN2S. The van der Waals surface area contributed by atoms with Crippen molar-refractivity contribution in [1.82, 2.24) is 9.97 Å². The Labute approximate surface area is 150 Å². The molecule has 0 spiro atoms. The monoisotopic (exact) mass is 494 g/mol. The van der Waals surface area contributed by atoms with E-state index in [2.05, 4.69) is 57.8 Å². The molecule has 7 heteroatoms. The van der Waals surface area contributed by atoms with Gasteiger partial charge in [-0.3, -0.25) is 0 Å². The highest BCUT2D eigenvalue weighted by Gasteiger charge is 2.15. The third-order valence-corrected chi connectivity index (χ3v) is 5.98. The van der Waals surface area contributed by atoms with Gasteiger partial charge in [-0.15, -0.1) is 11.3 Å². The Hall–Kier alpha value is -0.0100. The molecule has 0 aliphatic heterocycles. The fraction of sp³-hybridized carbons (Fsp3) is 0.0769. The molecule has 1 aromatic carbocycles. The molecule has 0 atom stereocenters. The van der Waals surface area contributed by atoms with Gasteiger partial charge < -0.3 is 0 Å². The van der Waals surface area contributed by atoms with Crippen molar-refractivity contribution in [2.75, 3.05) is 0 Å². The van der Waals surface area contributed by atoms with Gasteiger partial charge >= 0.3 is 0 Å².